The van der Waals surface area contributed by atoms with Crippen LogP contribution in [0.25, 0.3) is 6.08 Å². The maximum Gasteiger partial charge on any atom is 0.308 e. The van der Waals surface area contributed by atoms with Gasteiger partial charge in [0.25, 0.3) is 5.69 Å². The Morgan fingerprint density at radius 2 is 1.70 bits per heavy atom. The molecule has 2 atom stereocenters. The van der Waals surface area contributed by atoms with Crippen molar-refractivity contribution in [1.82, 2.24) is 9.62 Å². The largest absolute Gasteiger partial charge is 0.461 e. The molecule has 1 amide bonds. The van der Waals surface area contributed by atoms with Gasteiger partial charge in [-0.1, -0.05) is 62.2 Å². The molecule has 1 aliphatic rings. The highest BCUT2D eigenvalue weighted by molar-refractivity contribution is 9.11. The van der Waals surface area contributed by atoms with Gasteiger partial charge < -0.3 is 9.64 Å². The van der Waals surface area contributed by atoms with Crippen molar-refractivity contribution in [2.24, 2.45) is 0 Å². The van der Waals surface area contributed by atoms with Crippen LogP contribution in [0.4, 0.5) is 5.69 Å². The average molecular weight is 693 g/mol. The number of non-ortho nitro benzene ring substituents is 1. The second-order valence-electron chi connectivity index (χ2n) is 8.88. The molecular weight excluding hydrogens is 670 g/mol. The Kier molecular flexibility index (Phi) is 9.19. The first-order chi connectivity index (χ1) is 19.0. The second kappa shape index (κ2) is 12.4. The summed E-state index contributed by atoms with van der Waals surface area (Å²) in [5.74, 6) is -1.15. The third-order valence-electron chi connectivity index (χ3n) is 6.17. The van der Waals surface area contributed by atoms with Crippen molar-refractivity contribution in [2.75, 3.05) is 0 Å². The molecule has 0 saturated carbocycles. The van der Waals surface area contributed by atoms with Crippen molar-refractivity contribution in [2.45, 2.75) is 36.9 Å². The summed E-state index contributed by atoms with van der Waals surface area (Å²) in [6.07, 6.45) is 3.02. The summed E-state index contributed by atoms with van der Waals surface area (Å²) in [5.41, 5.74) is 1.97. The molecule has 0 aromatic heterocycles. The smallest absolute Gasteiger partial charge is 0.308 e. The molecule has 0 saturated heterocycles. The highest BCUT2D eigenvalue weighted by atomic mass is 79.9. The van der Waals surface area contributed by atoms with Crippen LogP contribution in [-0.2, 0) is 31.0 Å². The van der Waals surface area contributed by atoms with Crippen LogP contribution in [0.1, 0.15) is 36.1 Å². The molecular formula is C27H23Br2N3O7S. The molecule has 3 aromatic carbocycles. The number of esters is 1. The van der Waals surface area contributed by atoms with Crippen LogP contribution in [0.3, 0.4) is 0 Å². The summed E-state index contributed by atoms with van der Waals surface area (Å²) in [7, 11) is -4.19. The van der Waals surface area contributed by atoms with E-state index in [1.165, 1.54) is 18.0 Å². The number of benzene rings is 3. The van der Waals surface area contributed by atoms with E-state index in [1.54, 1.807) is 12.1 Å². The molecule has 1 aliphatic heterocycles. The number of carbonyl (C=O) groups is 2. The molecule has 10 nitrogen and oxygen atoms in total. The zero-order chi connectivity index (χ0) is 29.0. The van der Waals surface area contributed by atoms with Crippen LogP contribution >= 0.6 is 31.9 Å². The van der Waals surface area contributed by atoms with E-state index in [0.29, 0.717) is 10.0 Å². The SMILES string of the molecule is C[C@H](NS(=O)(=O)c1ccc([N+](=O)[O-])cc1)C(=O)N1C=Cc2c(Br)ccc(Br)c2C1CC(=O)OCc1ccccc1. The Balaban J connectivity index is 1.57. The van der Waals surface area contributed by atoms with E-state index in [4.69, 9.17) is 4.74 Å². The minimum Gasteiger partial charge on any atom is -0.461 e. The predicted octanol–water partition coefficient (Wildman–Crippen LogP) is 5.47. The minimum atomic E-state index is -4.19. The van der Waals surface area contributed by atoms with Crippen molar-refractivity contribution in [1.29, 1.82) is 0 Å². The Morgan fingerprint density at radius 3 is 2.35 bits per heavy atom. The van der Waals surface area contributed by atoms with Crippen LogP contribution in [0.2, 0.25) is 0 Å². The quantitative estimate of drug-likeness (QED) is 0.178. The van der Waals surface area contributed by atoms with Gasteiger partial charge in [-0.15, -0.1) is 0 Å². The first-order valence-corrected chi connectivity index (χ1v) is 15.0. The fourth-order valence-electron chi connectivity index (χ4n) is 4.19. The maximum absolute atomic E-state index is 13.6. The summed E-state index contributed by atoms with van der Waals surface area (Å²) in [6, 6.07) is 15.1. The van der Waals surface area contributed by atoms with Crippen LogP contribution in [0, 0.1) is 10.1 Å². The van der Waals surface area contributed by atoms with Gasteiger partial charge in [-0.3, -0.25) is 19.7 Å². The van der Waals surface area contributed by atoms with Crippen molar-refractivity contribution < 1.29 is 27.7 Å². The van der Waals surface area contributed by atoms with E-state index in [9.17, 15) is 28.1 Å². The van der Waals surface area contributed by atoms with Gasteiger partial charge in [0.1, 0.15) is 6.61 Å². The molecule has 1 heterocycles. The highest BCUT2D eigenvalue weighted by Crippen LogP contribution is 2.41. The van der Waals surface area contributed by atoms with E-state index in [1.807, 2.05) is 36.4 Å². The van der Waals surface area contributed by atoms with Gasteiger partial charge in [-0.25, -0.2) is 8.42 Å². The number of amides is 1. The van der Waals surface area contributed by atoms with Gasteiger partial charge >= 0.3 is 5.97 Å². The maximum atomic E-state index is 13.6. The van der Waals surface area contributed by atoms with Crippen molar-refractivity contribution in [3.8, 4) is 0 Å². The van der Waals surface area contributed by atoms with Gasteiger partial charge in [0.15, 0.2) is 0 Å². The molecule has 0 fully saturated rings. The van der Waals surface area contributed by atoms with E-state index in [0.717, 1.165) is 39.9 Å². The number of rotatable bonds is 9. The fraction of sp³-hybridized carbons (Fsp3) is 0.185. The molecule has 13 heteroatoms. The number of nitro groups is 1. The fourth-order valence-corrected chi connectivity index (χ4v) is 6.48. The molecule has 4 rings (SSSR count). The predicted molar refractivity (Wildman–Crippen MR) is 154 cm³/mol. The number of hydrogen-bond donors (Lipinski definition) is 1. The summed E-state index contributed by atoms with van der Waals surface area (Å²) >= 11 is 7.04. The molecule has 1 N–H and O–H groups in total. The van der Waals surface area contributed by atoms with E-state index in [-0.39, 0.29) is 23.6 Å². The van der Waals surface area contributed by atoms with E-state index in [2.05, 4.69) is 36.6 Å². The molecule has 0 aliphatic carbocycles. The molecule has 3 aromatic rings. The Bertz CT molecular complexity index is 1580. The van der Waals surface area contributed by atoms with Crippen LogP contribution in [0.15, 0.2) is 86.8 Å². The lowest BCUT2D eigenvalue weighted by Gasteiger charge is -2.35. The first kappa shape index (κ1) is 29.6. The molecule has 1 unspecified atom stereocenters. The van der Waals surface area contributed by atoms with Gasteiger partial charge in [0.05, 0.1) is 28.3 Å². The number of nitrogens with zero attached hydrogens (tertiary/aromatic N) is 2. The zero-order valence-corrected chi connectivity index (χ0v) is 25.0. The van der Waals surface area contributed by atoms with Crippen molar-refractivity contribution in [3.63, 3.8) is 0 Å². The van der Waals surface area contributed by atoms with Crippen LogP contribution < -0.4 is 4.72 Å². The lowest BCUT2D eigenvalue weighted by atomic mass is 9.93. The molecule has 208 valence electrons. The Morgan fingerprint density at radius 1 is 1.05 bits per heavy atom. The number of sulfonamides is 1. The Hall–Kier alpha value is -3.39. The van der Waals surface area contributed by atoms with Gasteiger partial charge in [0, 0.05) is 27.3 Å². The van der Waals surface area contributed by atoms with Gasteiger partial charge in [-0.05, 0) is 54.0 Å². The summed E-state index contributed by atoms with van der Waals surface area (Å²) in [4.78, 5) is 37.9. The van der Waals surface area contributed by atoms with E-state index >= 15 is 0 Å². The minimum absolute atomic E-state index is 0.0636. The Labute approximate surface area is 247 Å². The van der Waals surface area contributed by atoms with Crippen LogP contribution in [0.5, 0.6) is 0 Å². The normalized spacial score (nSPS) is 15.3. The third kappa shape index (κ3) is 6.66. The second-order valence-corrected chi connectivity index (χ2v) is 12.3. The summed E-state index contributed by atoms with van der Waals surface area (Å²) in [6.45, 7) is 1.45. The van der Waals surface area contributed by atoms with Gasteiger partial charge in [-0.2, -0.15) is 4.72 Å². The molecule has 40 heavy (non-hydrogen) atoms. The average Bonchev–Trinajstić information content (AvgIpc) is 2.94. The number of nitro benzene ring substituents is 1. The summed E-state index contributed by atoms with van der Waals surface area (Å²) in [5, 5.41) is 10.9. The number of carbonyl (C=O) groups excluding carboxylic acids is 2. The number of ether oxygens (including phenoxy) is 1. The lowest BCUT2D eigenvalue weighted by Crippen LogP contribution is -2.47. The molecule has 0 radical (unpaired) electrons. The van der Waals surface area contributed by atoms with Gasteiger partial charge in [0.2, 0.25) is 15.9 Å². The number of nitrogens with one attached hydrogen (secondary N) is 1. The topological polar surface area (TPSA) is 136 Å². The number of halogens is 2. The van der Waals surface area contributed by atoms with Crippen molar-refractivity contribution in [3.05, 3.63) is 109 Å². The highest BCUT2D eigenvalue weighted by Gasteiger charge is 2.36. The van der Waals surface area contributed by atoms with Crippen molar-refractivity contribution >= 4 is 65.5 Å². The molecule has 0 spiro atoms. The third-order valence-corrected chi connectivity index (χ3v) is 9.11. The monoisotopic (exact) mass is 691 g/mol. The lowest BCUT2D eigenvalue weighted by molar-refractivity contribution is -0.384. The molecule has 0 bridgehead atoms. The number of hydrogen-bond acceptors (Lipinski definition) is 7. The standard InChI is InChI=1S/C27H23Br2N3O7S/c1-17(30-40(37,38)20-9-7-19(8-10-20)32(35)36)27(34)31-14-13-21-22(28)11-12-23(29)26(21)24(31)15-25(33)39-16-18-5-3-2-4-6-18/h2-14,17,24,30H,15-16H2,1H3/t17-,24?/m0/s1. The van der Waals surface area contributed by atoms with E-state index < -0.39 is 38.9 Å². The zero-order valence-electron chi connectivity index (χ0n) is 21.0. The summed E-state index contributed by atoms with van der Waals surface area (Å²) < 4.78 is 35.1. The number of fused-ring (bicyclic) bond motifs is 1. The first-order valence-electron chi connectivity index (χ1n) is 11.9. The van der Waals surface area contributed by atoms with Crippen LogP contribution in [-0.4, -0.2) is 36.2 Å².